The number of carbonyl (C=O) groups is 2. The van der Waals surface area contributed by atoms with Crippen molar-refractivity contribution in [2.24, 2.45) is 0 Å². The van der Waals surface area contributed by atoms with E-state index in [-0.39, 0.29) is 18.0 Å². The van der Waals surface area contributed by atoms with Crippen LogP contribution >= 0.6 is 0 Å². The van der Waals surface area contributed by atoms with E-state index in [1.165, 1.54) is 0 Å². The van der Waals surface area contributed by atoms with Crippen molar-refractivity contribution in [1.29, 1.82) is 0 Å². The van der Waals surface area contributed by atoms with E-state index in [4.69, 9.17) is 0 Å². The number of pyridine rings is 1. The van der Waals surface area contributed by atoms with Crippen LogP contribution in [0.15, 0.2) is 18.3 Å². The fourth-order valence-electron chi connectivity index (χ4n) is 3.26. The van der Waals surface area contributed by atoms with Crippen molar-refractivity contribution >= 4 is 17.6 Å². The Morgan fingerprint density at radius 3 is 2.83 bits per heavy atom. The fourth-order valence-corrected chi connectivity index (χ4v) is 3.26. The Morgan fingerprint density at radius 2 is 2.17 bits per heavy atom. The van der Waals surface area contributed by atoms with Crippen LogP contribution in [0.4, 0.5) is 10.5 Å². The van der Waals surface area contributed by atoms with Gasteiger partial charge in [-0.05, 0) is 44.7 Å². The number of rotatable bonds is 4. The first-order valence-corrected chi connectivity index (χ1v) is 8.32. The molecule has 23 heavy (non-hydrogen) atoms. The number of nitrogens with zero attached hydrogens (tertiary/aromatic N) is 3. The van der Waals surface area contributed by atoms with Crippen LogP contribution < -0.4 is 5.32 Å². The number of urea groups is 1. The Hall–Kier alpha value is -2.11. The minimum absolute atomic E-state index is 0.0857. The third-order valence-electron chi connectivity index (χ3n) is 4.59. The lowest BCUT2D eigenvalue weighted by Gasteiger charge is -2.30. The number of aromatic nitrogens is 1. The molecule has 2 heterocycles. The fraction of sp³-hybridized carbons (Fsp3) is 0.588. The van der Waals surface area contributed by atoms with E-state index in [0.29, 0.717) is 12.6 Å². The minimum Gasteiger partial charge on any atom is -0.338 e. The second-order valence-corrected chi connectivity index (χ2v) is 6.51. The highest BCUT2D eigenvalue weighted by Crippen LogP contribution is 2.29. The topological polar surface area (TPSA) is 65.5 Å². The molecule has 2 aliphatic rings. The molecule has 1 N–H and O–H groups in total. The van der Waals surface area contributed by atoms with Crippen LogP contribution in [-0.2, 0) is 4.79 Å². The highest BCUT2D eigenvalue weighted by molar-refractivity contribution is 5.89. The van der Waals surface area contributed by atoms with Gasteiger partial charge in [0.1, 0.15) is 0 Å². The summed E-state index contributed by atoms with van der Waals surface area (Å²) >= 11 is 0. The Kier molecular flexibility index (Phi) is 4.50. The van der Waals surface area contributed by atoms with E-state index in [0.717, 1.165) is 43.6 Å². The summed E-state index contributed by atoms with van der Waals surface area (Å²) < 4.78 is 0. The highest BCUT2D eigenvalue weighted by Gasteiger charge is 2.36. The predicted molar refractivity (Wildman–Crippen MR) is 88.1 cm³/mol. The zero-order chi connectivity index (χ0) is 16.4. The number of hydrogen-bond acceptors (Lipinski definition) is 3. The van der Waals surface area contributed by atoms with Crippen molar-refractivity contribution in [3.8, 4) is 0 Å². The zero-order valence-electron chi connectivity index (χ0n) is 13.8. The van der Waals surface area contributed by atoms with E-state index in [1.807, 2.05) is 22.8 Å². The molecule has 1 saturated carbocycles. The normalized spacial score (nSPS) is 20.4. The maximum absolute atomic E-state index is 12.6. The molecule has 0 aromatic carbocycles. The highest BCUT2D eigenvalue weighted by atomic mass is 16.2. The van der Waals surface area contributed by atoms with Crippen molar-refractivity contribution in [3.63, 3.8) is 0 Å². The number of likely N-dealkylation sites (tertiary alicyclic amines) is 1. The molecule has 1 saturated heterocycles. The second kappa shape index (κ2) is 6.56. The molecule has 1 aliphatic heterocycles. The number of amides is 3. The number of hydrogen-bond donors (Lipinski definition) is 1. The van der Waals surface area contributed by atoms with Crippen LogP contribution in [0.5, 0.6) is 0 Å². The van der Waals surface area contributed by atoms with Crippen LogP contribution in [0.2, 0.25) is 0 Å². The minimum atomic E-state index is -0.0857. The van der Waals surface area contributed by atoms with E-state index in [9.17, 15) is 9.59 Å². The van der Waals surface area contributed by atoms with Gasteiger partial charge < -0.3 is 15.1 Å². The first kappa shape index (κ1) is 15.8. The molecule has 0 radical (unpaired) electrons. The molecule has 1 aliphatic carbocycles. The number of aryl methyl sites for hydroxylation is 1. The molecule has 0 bridgehead atoms. The summed E-state index contributed by atoms with van der Waals surface area (Å²) in [6.45, 7) is 4.92. The molecule has 0 unspecified atom stereocenters. The quantitative estimate of drug-likeness (QED) is 0.927. The standard InChI is InChI=1S/C17H24N4O2/c1-12-10-14(7-8-18-12)19-17(23)20-9-3-4-16(20)11-21(13(2)22)15-5-6-15/h7-8,10,15-16H,3-6,9,11H2,1-2H3,(H,18,19,23)/t16-/m1/s1. The molecule has 6 heteroatoms. The van der Waals surface area contributed by atoms with Crippen molar-refractivity contribution in [1.82, 2.24) is 14.8 Å². The van der Waals surface area contributed by atoms with Gasteiger partial charge in [-0.25, -0.2) is 4.79 Å². The molecule has 6 nitrogen and oxygen atoms in total. The summed E-state index contributed by atoms with van der Waals surface area (Å²) in [5.74, 6) is 0.115. The van der Waals surface area contributed by atoms with Crippen molar-refractivity contribution < 1.29 is 9.59 Å². The molecule has 1 aromatic rings. The van der Waals surface area contributed by atoms with Crippen LogP contribution in [0, 0.1) is 6.92 Å². The van der Waals surface area contributed by atoms with Crippen LogP contribution in [-0.4, -0.2) is 51.9 Å². The van der Waals surface area contributed by atoms with E-state index >= 15 is 0 Å². The second-order valence-electron chi connectivity index (χ2n) is 6.51. The summed E-state index contributed by atoms with van der Waals surface area (Å²) in [7, 11) is 0. The molecular formula is C17H24N4O2. The third kappa shape index (κ3) is 3.81. The Balaban J connectivity index is 1.63. The SMILES string of the molecule is CC(=O)N(C[C@H]1CCCN1C(=O)Nc1ccnc(C)c1)C1CC1. The third-order valence-corrected chi connectivity index (χ3v) is 4.59. The Labute approximate surface area is 136 Å². The van der Waals surface area contributed by atoms with Gasteiger partial charge >= 0.3 is 6.03 Å². The van der Waals surface area contributed by atoms with Gasteiger partial charge in [0.05, 0.1) is 6.04 Å². The molecule has 2 fully saturated rings. The molecule has 1 aromatic heterocycles. The summed E-state index contributed by atoms with van der Waals surface area (Å²) in [5, 5.41) is 2.95. The van der Waals surface area contributed by atoms with E-state index in [1.54, 1.807) is 19.2 Å². The smallest absolute Gasteiger partial charge is 0.322 e. The van der Waals surface area contributed by atoms with Gasteiger partial charge in [0, 0.05) is 43.6 Å². The van der Waals surface area contributed by atoms with Gasteiger partial charge in [-0.15, -0.1) is 0 Å². The summed E-state index contributed by atoms with van der Waals surface area (Å²) in [5.41, 5.74) is 1.64. The lowest BCUT2D eigenvalue weighted by molar-refractivity contribution is -0.130. The summed E-state index contributed by atoms with van der Waals surface area (Å²) in [4.78, 5) is 32.3. The van der Waals surface area contributed by atoms with E-state index in [2.05, 4.69) is 10.3 Å². The largest absolute Gasteiger partial charge is 0.338 e. The average Bonchev–Trinajstić information content (AvgIpc) is 3.22. The first-order valence-electron chi connectivity index (χ1n) is 8.32. The van der Waals surface area contributed by atoms with Crippen LogP contribution in [0.1, 0.15) is 38.3 Å². The maximum Gasteiger partial charge on any atom is 0.322 e. The molecule has 124 valence electrons. The van der Waals surface area contributed by atoms with Crippen molar-refractivity contribution in [3.05, 3.63) is 24.0 Å². The van der Waals surface area contributed by atoms with Gasteiger partial charge in [0.15, 0.2) is 0 Å². The number of nitrogens with one attached hydrogen (secondary N) is 1. The molecule has 0 spiro atoms. The molecule has 3 rings (SSSR count). The average molecular weight is 316 g/mol. The summed E-state index contributed by atoms with van der Waals surface area (Å²) in [6.07, 6.45) is 5.82. The molecule has 1 atom stereocenters. The van der Waals surface area contributed by atoms with Gasteiger partial charge in [0.25, 0.3) is 0 Å². The van der Waals surface area contributed by atoms with E-state index < -0.39 is 0 Å². The lowest BCUT2D eigenvalue weighted by atomic mass is 10.2. The molecular weight excluding hydrogens is 292 g/mol. The van der Waals surface area contributed by atoms with Gasteiger partial charge in [0.2, 0.25) is 5.91 Å². The number of carbonyl (C=O) groups excluding carboxylic acids is 2. The van der Waals surface area contributed by atoms with Gasteiger partial charge in [-0.2, -0.15) is 0 Å². The zero-order valence-corrected chi connectivity index (χ0v) is 13.8. The Morgan fingerprint density at radius 1 is 1.39 bits per heavy atom. The van der Waals surface area contributed by atoms with Gasteiger partial charge in [-0.3, -0.25) is 9.78 Å². The van der Waals surface area contributed by atoms with Crippen LogP contribution in [0.25, 0.3) is 0 Å². The number of anilines is 1. The van der Waals surface area contributed by atoms with Crippen LogP contribution in [0.3, 0.4) is 0 Å². The first-order chi connectivity index (χ1) is 11.0. The monoisotopic (exact) mass is 316 g/mol. The molecule has 3 amide bonds. The predicted octanol–water partition coefficient (Wildman–Crippen LogP) is 2.40. The van der Waals surface area contributed by atoms with Crippen molar-refractivity contribution in [2.75, 3.05) is 18.4 Å². The summed E-state index contributed by atoms with van der Waals surface area (Å²) in [6, 6.07) is 4.07. The van der Waals surface area contributed by atoms with Crippen molar-refractivity contribution in [2.45, 2.75) is 51.6 Å². The Bertz CT molecular complexity index is 600. The maximum atomic E-state index is 12.6. The lowest BCUT2D eigenvalue weighted by Crippen LogP contribution is -2.46. The van der Waals surface area contributed by atoms with Gasteiger partial charge in [-0.1, -0.05) is 0 Å².